The number of nitrogens with one attached hydrogen (secondary N) is 1. The summed E-state index contributed by atoms with van der Waals surface area (Å²) >= 11 is 0. The van der Waals surface area contributed by atoms with Crippen LogP contribution in [0.2, 0.25) is 0 Å². The third kappa shape index (κ3) is 2.33. The Bertz CT molecular complexity index is 916. The molecule has 2 saturated carbocycles. The number of rotatable bonds is 4. The Labute approximate surface area is 163 Å². The molecule has 0 unspecified atom stereocenters. The number of benzene rings is 1. The third-order valence-corrected chi connectivity index (χ3v) is 7.00. The van der Waals surface area contributed by atoms with Gasteiger partial charge < -0.3 is 5.32 Å². The summed E-state index contributed by atoms with van der Waals surface area (Å²) in [6.45, 7) is 3.05. The van der Waals surface area contributed by atoms with E-state index >= 15 is 0 Å². The van der Waals surface area contributed by atoms with Crippen molar-refractivity contribution in [3.8, 4) is 0 Å². The van der Waals surface area contributed by atoms with Crippen molar-refractivity contribution in [3.63, 3.8) is 0 Å². The van der Waals surface area contributed by atoms with Crippen molar-refractivity contribution in [2.75, 3.05) is 5.32 Å². The molecule has 4 aliphatic carbocycles. The van der Waals surface area contributed by atoms with Crippen molar-refractivity contribution < 1.29 is 19.2 Å². The molecule has 1 aromatic carbocycles. The van der Waals surface area contributed by atoms with Crippen LogP contribution in [0.25, 0.3) is 0 Å². The molecule has 0 radical (unpaired) electrons. The summed E-state index contributed by atoms with van der Waals surface area (Å²) in [6, 6.07) is 5.75. The maximum Gasteiger partial charge on any atom is 0.247 e. The lowest BCUT2D eigenvalue weighted by atomic mass is 9.63. The minimum Gasteiger partial charge on any atom is -0.324 e. The fraction of sp³-hybridized carbons (Fsp3) is 0.455. The average molecular weight is 378 g/mol. The molecule has 1 aliphatic heterocycles. The number of imide groups is 1. The van der Waals surface area contributed by atoms with Crippen LogP contribution in [-0.2, 0) is 14.4 Å². The molecule has 3 fully saturated rings. The molecule has 1 N–H and O–H groups in total. The molecule has 3 amide bonds. The van der Waals surface area contributed by atoms with Crippen LogP contribution in [0.1, 0.15) is 30.6 Å². The SMILES string of the molecule is CC(=O)c1cccc(NC(=O)[C@H](C)N2C(=O)[C@H]3[C@@H]4C=C[C@H]([C@H]5C[C@H]45)[C@@H]3C2=O)c1. The van der Waals surface area contributed by atoms with Gasteiger partial charge in [-0.2, -0.15) is 0 Å². The fourth-order valence-corrected chi connectivity index (χ4v) is 5.54. The molecular formula is C22H22N2O4. The van der Waals surface area contributed by atoms with Gasteiger partial charge in [0.05, 0.1) is 11.8 Å². The Morgan fingerprint density at radius 3 is 2.25 bits per heavy atom. The quantitative estimate of drug-likeness (QED) is 0.495. The zero-order valence-corrected chi connectivity index (χ0v) is 15.8. The van der Waals surface area contributed by atoms with Gasteiger partial charge in [0, 0.05) is 11.3 Å². The number of hydrogen-bond donors (Lipinski definition) is 1. The molecule has 5 aliphatic rings. The zero-order valence-electron chi connectivity index (χ0n) is 15.8. The van der Waals surface area contributed by atoms with Crippen molar-refractivity contribution in [2.24, 2.45) is 35.5 Å². The Kier molecular flexibility index (Phi) is 3.63. The van der Waals surface area contributed by atoms with Crippen molar-refractivity contribution >= 4 is 29.2 Å². The van der Waals surface area contributed by atoms with Gasteiger partial charge in [0.1, 0.15) is 6.04 Å². The van der Waals surface area contributed by atoms with E-state index in [4.69, 9.17) is 0 Å². The first-order chi connectivity index (χ1) is 13.4. The number of anilines is 1. The highest BCUT2D eigenvalue weighted by molar-refractivity contribution is 6.10. The molecule has 0 aromatic heterocycles. The van der Waals surface area contributed by atoms with E-state index < -0.39 is 11.9 Å². The summed E-state index contributed by atoms with van der Waals surface area (Å²) in [5.74, 6) is -0.193. The summed E-state index contributed by atoms with van der Waals surface area (Å²) in [6.07, 6.45) is 5.35. The Balaban J connectivity index is 1.36. The highest BCUT2D eigenvalue weighted by Gasteiger charge is 2.67. The first kappa shape index (κ1) is 17.3. The first-order valence-corrected chi connectivity index (χ1v) is 9.85. The summed E-state index contributed by atoms with van der Waals surface area (Å²) in [5.41, 5.74) is 0.968. The van der Waals surface area contributed by atoms with Crippen molar-refractivity contribution in [1.82, 2.24) is 4.90 Å². The molecule has 6 rings (SSSR count). The molecular weight excluding hydrogens is 356 g/mol. The summed E-state index contributed by atoms with van der Waals surface area (Å²) in [4.78, 5) is 51.7. The fourth-order valence-electron chi connectivity index (χ4n) is 5.54. The van der Waals surface area contributed by atoms with Gasteiger partial charge in [0.2, 0.25) is 17.7 Å². The van der Waals surface area contributed by atoms with Crippen LogP contribution in [0.5, 0.6) is 0 Å². The lowest BCUT2D eigenvalue weighted by molar-refractivity contribution is -0.146. The van der Waals surface area contributed by atoms with Crippen LogP contribution in [0.3, 0.4) is 0 Å². The maximum atomic E-state index is 13.1. The van der Waals surface area contributed by atoms with E-state index in [-0.39, 0.29) is 41.3 Å². The topological polar surface area (TPSA) is 83.6 Å². The van der Waals surface area contributed by atoms with E-state index in [0.29, 0.717) is 23.1 Å². The van der Waals surface area contributed by atoms with Crippen LogP contribution < -0.4 is 5.32 Å². The van der Waals surface area contributed by atoms with Crippen molar-refractivity contribution in [1.29, 1.82) is 0 Å². The van der Waals surface area contributed by atoms with Crippen LogP contribution in [0.15, 0.2) is 36.4 Å². The van der Waals surface area contributed by atoms with Crippen molar-refractivity contribution in [2.45, 2.75) is 26.3 Å². The van der Waals surface area contributed by atoms with Gasteiger partial charge in [0.15, 0.2) is 5.78 Å². The average Bonchev–Trinajstić information content (AvgIpc) is 3.45. The third-order valence-electron chi connectivity index (χ3n) is 7.00. The highest BCUT2D eigenvalue weighted by Crippen LogP contribution is 2.65. The lowest BCUT2D eigenvalue weighted by Gasteiger charge is -2.37. The minimum atomic E-state index is -0.887. The van der Waals surface area contributed by atoms with E-state index in [2.05, 4.69) is 17.5 Å². The largest absolute Gasteiger partial charge is 0.324 e. The summed E-state index contributed by atoms with van der Waals surface area (Å²) in [7, 11) is 0. The van der Waals surface area contributed by atoms with Gasteiger partial charge in [0.25, 0.3) is 0 Å². The monoisotopic (exact) mass is 378 g/mol. The van der Waals surface area contributed by atoms with Gasteiger partial charge >= 0.3 is 0 Å². The predicted octanol–water partition coefficient (Wildman–Crippen LogP) is 2.27. The normalized spacial score (nSPS) is 35.4. The molecule has 6 heteroatoms. The van der Waals surface area contributed by atoms with E-state index in [1.54, 1.807) is 31.2 Å². The van der Waals surface area contributed by atoms with Gasteiger partial charge in [-0.3, -0.25) is 24.1 Å². The second kappa shape index (κ2) is 5.87. The number of Topliss-reactive ketones (excluding diaryl/α,β-unsaturated/α-hetero) is 1. The maximum absolute atomic E-state index is 13.1. The number of hydrogen-bond acceptors (Lipinski definition) is 4. The zero-order chi connectivity index (χ0) is 19.7. The number of carbonyl (C=O) groups is 4. The summed E-state index contributed by atoms with van der Waals surface area (Å²) < 4.78 is 0. The Morgan fingerprint density at radius 1 is 1.07 bits per heavy atom. The molecule has 1 aromatic rings. The van der Waals surface area contributed by atoms with Crippen LogP contribution in [0, 0.1) is 35.5 Å². The van der Waals surface area contributed by atoms with Gasteiger partial charge in [-0.15, -0.1) is 0 Å². The number of likely N-dealkylation sites (tertiary alicyclic amines) is 1. The summed E-state index contributed by atoms with van der Waals surface area (Å²) in [5, 5.41) is 2.74. The predicted molar refractivity (Wildman–Crippen MR) is 101 cm³/mol. The standard InChI is InChI=1S/C22H22N2O4/c1-10(20(26)23-13-5-3-4-12(8-13)11(2)25)24-21(27)18-14-6-7-15(17-9-16(14)17)19(18)22(24)28/h3-8,10,14-19H,9H2,1-2H3,(H,23,26)/t10-,14+,15+,16+,17+,18-,19-/m0/s1. The lowest BCUT2D eigenvalue weighted by Crippen LogP contribution is -2.46. The number of carbonyl (C=O) groups excluding carboxylic acids is 4. The molecule has 1 saturated heterocycles. The molecule has 6 nitrogen and oxygen atoms in total. The van der Waals surface area contributed by atoms with E-state index in [1.165, 1.54) is 11.8 Å². The molecule has 28 heavy (non-hydrogen) atoms. The van der Waals surface area contributed by atoms with E-state index in [1.807, 2.05) is 0 Å². The number of ketones is 1. The molecule has 144 valence electrons. The van der Waals surface area contributed by atoms with Gasteiger partial charge in [-0.25, -0.2) is 0 Å². The minimum absolute atomic E-state index is 0.0975. The number of amides is 3. The van der Waals surface area contributed by atoms with Crippen LogP contribution in [-0.4, -0.2) is 34.4 Å². The van der Waals surface area contributed by atoms with E-state index in [0.717, 1.165) is 6.42 Å². The molecule has 2 bridgehead atoms. The number of nitrogens with zero attached hydrogens (tertiary/aromatic N) is 1. The molecule has 1 heterocycles. The highest BCUT2D eigenvalue weighted by atomic mass is 16.2. The molecule has 7 atom stereocenters. The van der Waals surface area contributed by atoms with Gasteiger partial charge in [-0.1, -0.05) is 24.3 Å². The van der Waals surface area contributed by atoms with Crippen LogP contribution >= 0.6 is 0 Å². The second-order valence-electron chi connectivity index (χ2n) is 8.50. The second-order valence-corrected chi connectivity index (χ2v) is 8.50. The van der Waals surface area contributed by atoms with Gasteiger partial charge in [-0.05, 0) is 56.1 Å². The van der Waals surface area contributed by atoms with Crippen molar-refractivity contribution in [3.05, 3.63) is 42.0 Å². The first-order valence-electron chi connectivity index (χ1n) is 9.85. The van der Waals surface area contributed by atoms with E-state index in [9.17, 15) is 19.2 Å². The molecule has 0 spiro atoms. The Hall–Kier alpha value is -2.76. The Morgan fingerprint density at radius 2 is 1.68 bits per heavy atom. The number of allylic oxidation sites excluding steroid dienone is 2. The van der Waals surface area contributed by atoms with Crippen LogP contribution in [0.4, 0.5) is 5.69 Å². The smallest absolute Gasteiger partial charge is 0.247 e.